The molecule has 0 aromatic heterocycles. The molecule has 0 aromatic carbocycles. The number of carbonyl (C=O) groups excluding carboxylic acids is 1. The van der Waals surface area contributed by atoms with Crippen LogP contribution in [0.5, 0.6) is 0 Å². The van der Waals surface area contributed by atoms with Crippen molar-refractivity contribution in [2.45, 2.75) is 302 Å². The van der Waals surface area contributed by atoms with Gasteiger partial charge in [-0.2, -0.15) is 0 Å². The number of rotatable bonds is 66. The second kappa shape index (κ2) is 70.2. The molecule has 0 aliphatic rings. The number of allylic oxidation sites excluding steroid dienone is 27. The number of amides is 1. The van der Waals surface area contributed by atoms with Gasteiger partial charge in [0.05, 0.1) is 39.9 Å². The van der Waals surface area contributed by atoms with Crippen LogP contribution in [-0.4, -0.2) is 73.4 Å². The number of hydrogen-bond acceptors (Lipinski definition) is 5. The lowest BCUT2D eigenvalue weighted by Gasteiger charge is -2.25. The molecular weight excluding hydrogens is 1140 g/mol. The maximum Gasteiger partial charge on any atom is 0.472 e. The van der Waals surface area contributed by atoms with E-state index in [0.717, 1.165) is 116 Å². The lowest BCUT2D eigenvalue weighted by molar-refractivity contribution is -0.870. The highest BCUT2D eigenvalue weighted by Crippen LogP contribution is 2.43. The molecule has 9 heteroatoms. The van der Waals surface area contributed by atoms with Crippen molar-refractivity contribution in [3.05, 3.63) is 170 Å². The number of carbonyl (C=O) groups is 1. The zero-order valence-corrected chi connectivity index (χ0v) is 60.2. The van der Waals surface area contributed by atoms with Crippen molar-refractivity contribution in [3.8, 4) is 0 Å². The lowest BCUT2D eigenvalue weighted by atomic mass is 10.0. The van der Waals surface area contributed by atoms with Crippen LogP contribution in [0.4, 0.5) is 0 Å². The highest BCUT2D eigenvalue weighted by atomic mass is 31.2. The minimum absolute atomic E-state index is 0.0373. The summed E-state index contributed by atoms with van der Waals surface area (Å²) in [5.74, 6) is -0.228. The minimum Gasteiger partial charge on any atom is -0.387 e. The molecule has 0 aliphatic heterocycles. The Labute approximate surface area is 562 Å². The van der Waals surface area contributed by atoms with Gasteiger partial charge in [-0.05, 0) is 128 Å². The molecule has 0 aliphatic carbocycles. The highest BCUT2D eigenvalue weighted by Gasteiger charge is 2.28. The molecule has 1 amide bonds. The van der Waals surface area contributed by atoms with Gasteiger partial charge in [0.15, 0.2) is 0 Å². The van der Waals surface area contributed by atoms with Crippen LogP contribution in [0.2, 0.25) is 0 Å². The van der Waals surface area contributed by atoms with Crippen molar-refractivity contribution in [1.82, 2.24) is 5.32 Å². The quantitative estimate of drug-likeness (QED) is 0.0243. The van der Waals surface area contributed by atoms with Crippen LogP contribution < -0.4 is 5.32 Å². The Bertz CT molecular complexity index is 2090. The first kappa shape index (κ1) is 86.9. The average Bonchev–Trinajstić information content (AvgIpc) is 3.42. The molecule has 0 aromatic rings. The number of likely N-dealkylation sites (N-methyl/N-ethyl adjacent to an activating group) is 1. The summed E-state index contributed by atoms with van der Waals surface area (Å²) in [7, 11) is 1.50. The summed E-state index contributed by atoms with van der Waals surface area (Å²) in [6.07, 6.45) is 111. The molecular formula is C82H140N2O6P+. The topological polar surface area (TPSA) is 105 Å². The third-order valence-electron chi connectivity index (χ3n) is 15.6. The first-order valence-corrected chi connectivity index (χ1v) is 38.5. The standard InChI is InChI=1S/C82H139N2O6P/c1-6-8-10-12-14-16-18-20-22-24-26-28-30-32-34-36-38-40-41-42-43-44-46-48-50-52-54-56-58-60-62-64-66-68-70-72-74-76-82(86)83-80(79-90-91(87,88)89-78-77-84(3,4)5)81(85)75-73-71-69-67-65-63-61-59-57-55-53-51-49-47-45-39-37-35-33-31-29-27-25-23-21-19-17-15-13-11-9-7-2/h8,10,14,16,20,22,26,28,32,34,38,40,42-43,46,48,52,54,57-60,64-67,73,75,80-81,85H,6-7,9,11-13,15,17-19,21,23-25,27,29-31,33,35-37,39,41,44-45,47,49-51,53,55-56,61-63,68-72,74,76-79H2,1-5H3,(H-,83,86,87,88)/p+1/b10-8-,16-14-,22-20-,28-26-,34-32-,40-38-,43-42-,48-46-,54-52-,59-57+,60-58-,66-64-,67-65+,75-73+. The highest BCUT2D eigenvalue weighted by molar-refractivity contribution is 7.47. The lowest BCUT2D eigenvalue weighted by Crippen LogP contribution is -2.45. The summed E-state index contributed by atoms with van der Waals surface area (Å²) >= 11 is 0. The Hall–Kier alpha value is -4.14. The molecule has 0 rings (SSSR count). The van der Waals surface area contributed by atoms with Gasteiger partial charge in [0.2, 0.25) is 5.91 Å². The van der Waals surface area contributed by atoms with Crippen LogP contribution in [-0.2, 0) is 18.4 Å². The van der Waals surface area contributed by atoms with E-state index in [0.29, 0.717) is 23.9 Å². The summed E-state index contributed by atoms with van der Waals surface area (Å²) in [4.78, 5) is 23.4. The number of nitrogens with zero attached hydrogens (tertiary/aromatic N) is 1. The third kappa shape index (κ3) is 73.1. The Morgan fingerprint density at radius 1 is 0.385 bits per heavy atom. The molecule has 0 saturated heterocycles. The smallest absolute Gasteiger partial charge is 0.387 e. The normalized spacial score (nSPS) is 14.6. The molecule has 3 atom stereocenters. The number of aliphatic hydroxyl groups is 1. The number of hydrogen-bond donors (Lipinski definition) is 3. The van der Waals surface area contributed by atoms with Crippen LogP contribution >= 0.6 is 7.82 Å². The van der Waals surface area contributed by atoms with E-state index in [9.17, 15) is 19.4 Å². The fourth-order valence-corrected chi connectivity index (χ4v) is 10.7. The van der Waals surface area contributed by atoms with E-state index in [2.05, 4.69) is 177 Å². The Morgan fingerprint density at radius 2 is 0.670 bits per heavy atom. The van der Waals surface area contributed by atoms with Crippen molar-refractivity contribution in [3.63, 3.8) is 0 Å². The van der Waals surface area contributed by atoms with E-state index in [1.54, 1.807) is 6.08 Å². The third-order valence-corrected chi connectivity index (χ3v) is 16.6. The average molecular weight is 1280 g/mol. The van der Waals surface area contributed by atoms with E-state index in [1.165, 1.54) is 148 Å². The number of unbranched alkanes of at least 4 members (excludes halogenated alkanes) is 27. The molecule has 0 bridgehead atoms. The summed E-state index contributed by atoms with van der Waals surface area (Å²) in [5, 5.41) is 14.0. The number of nitrogens with one attached hydrogen (secondary N) is 1. The van der Waals surface area contributed by atoms with Gasteiger partial charge in [0.1, 0.15) is 13.2 Å². The van der Waals surface area contributed by atoms with Gasteiger partial charge in [-0.1, -0.05) is 325 Å². The van der Waals surface area contributed by atoms with Gasteiger partial charge in [-0.3, -0.25) is 13.8 Å². The van der Waals surface area contributed by atoms with Crippen molar-refractivity contribution < 1.29 is 32.9 Å². The second-order valence-corrected chi connectivity index (χ2v) is 27.0. The van der Waals surface area contributed by atoms with Crippen molar-refractivity contribution in [2.75, 3.05) is 40.9 Å². The molecule has 0 saturated carbocycles. The number of quaternary nitrogens is 1. The summed E-state index contributed by atoms with van der Waals surface area (Å²) < 4.78 is 23.8. The van der Waals surface area contributed by atoms with Gasteiger partial charge in [0, 0.05) is 6.42 Å². The minimum atomic E-state index is -4.39. The molecule has 518 valence electrons. The van der Waals surface area contributed by atoms with Crippen molar-refractivity contribution in [1.29, 1.82) is 0 Å². The van der Waals surface area contributed by atoms with Crippen LogP contribution in [0.15, 0.2) is 170 Å². The van der Waals surface area contributed by atoms with Gasteiger partial charge in [-0.25, -0.2) is 4.57 Å². The Balaban J connectivity index is 4.25. The van der Waals surface area contributed by atoms with Gasteiger partial charge in [0.25, 0.3) is 0 Å². The number of aliphatic hydroxyl groups excluding tert-OH is 1. The van der Waals surface area contributed by atoms with E-state index < -0.39 is 20.0 Å². The monoisotopic (exact) mass is 1280 g/mol. The fourth-order valence-electron chi connectivity index (χ4n) is 9.96. The first-order chi connectivity index (χ1) is 44.5. The zero-order valence-electron chi connectivity index (χ0n) is 59.3. The van der Waals surface area contributed by atoms with Crippen LogP contribution in [0.1, 0.15) is 290 Å². The Kier molecular flexibility index (Phi) is 67.0. The SMILES string of the molecule is CC/C=C\C/C=C\C/C=C\C/C=C\C/C=C\C/C=C\C/C=C\C/C=C\C/C=C\C/C=C\C/C=C\CCCCCC(=O)NC(COP(=O)(O)OCC[N+](C)(C)C)C(O)/C=C/CC/C=C/CC/C=C/CCCCCCCCCCCCCCCCCCCCCCCC. The van der Waals surface area contributed by atoms with E-state index in [-0.39, 0.29) is 19.1 Å². The van der Waals surface area contributed by atoms with Crippen LogP contribution in [0, 0.1) is 0 Å². The molecule has 0 fully saturated rings. The summed E-state index contributed by atoms with van der Waals surface area (Å²) in [5.41, 5.74) is 0. The predicted molar refractivity (Wildman–Crippen MR) is 400 cm³/mol. The number of phosphoric ester groups is 1. The zero-order chi connectivity index (χ0) is 66.2. The van der Waals surface area contributed by atoms with E-state index >= 15 is 0 Å². The Morgan fingerprint density at radius 3 is 1.01 bits per heavy atom. The van der Waals surface area contributed by atoms with Gasteiger partial charge in [-0.15, -0.1) is 0 Å². The maximum absolute atomic E-state index is 13.0. The maximum atomic E-state index is 13.0. The van der Waals surface area contributed by atoms with Gasteiger partial charge >= 0.3 is 7.82 Å². The van der Waals surface area contributed by atoms with Crippen LogP contribution in [0.25, 0.3) is 0 Å². The second-order valence-electron chi connectivity index (χ2n) is 25.6. The largest absolute Gasteiger partial charge is 0.472 e. The molecule has 0 spiro atoms. The van der Waals surface area contributed by atoms with Crippen molar-refractivity contribution >= 4 is 13.7 Å². The molecule has 0 heterocycles. The molecule has 3 unspecified atom stereocenters. The van der Waals surface area contributed by atoms with Crippen LogP contribution in [0.3, 0.4) is 0 Å². The number of phosphoric acid groups is 1. The van der Waals surface area contributed by atoms with Crippen molar-refractivity contribution in [2.24, 2.45) is 0 Å². The predicted octanol–water partition coefficient (Wildman–Crippen LogP) is 24.3. The summed E-state index contributed by atoms with van der Waals surface area (Å²) in [6.45, 7) is 4.65. The summed E-state index contributed by atoms with van der Waals surface area (Å²) in [6, 6.07) is -0.904. The van der Waals surface area contributed by atoms with E-state index in [4.69, 9.17) is 9.05 Å². The fraction of sp³-hybridized carbons (Fsp3) is 0.646. The molecule has 91 heavy (non-hydrogen) atoms. The first-order valence-electron chi connectivity index (χ1n) is 37.0. The molecule has 8 nitrogen and oxygen atoms in total. The molecule has 3 N–H and O–H groups in total. The van der Waals surface area contributed by atoms with Gasteiger partial charge < -0.3 is 19.8 Å². The van der Waals surface area contributed by atoms with E-state index in [1.807, 2.05) is 27.2 Å². The molecule has 0 radical (unpaired) electrons.